The summed E-state index contributed by atoms with van der Waals surface area (Å²) in [4.78, 5) is 11.7. The van der Waals surface area contributed by atoms with Crippen molar-refractivity contribution in [2.24, 2.45) is 5.41 Å². The first-order chi connectivity index (χ1) is 7.33. The Morgan fingerprint density at radius 2 is 1.75 bits per heavy atom. The van der Waals surface area contributed by atoms with Gasteiger partial charge in [-0.1, -0.05) is 13.8 Å². The van der Waals surface area contributed by atoms with Crippen molar-refractivity contribution in [1.29, 1.82) is 0 Å². The molecule has 0 aromatic carbocycles. The van der Waals surface area contributed by atoms with Gasteiger partial charge in [0.15, 0.2) is 0 Å². The minimum Gasteiger partial charge on any atom is -0.460 e. The average molecular weight is 230 g/mol. The van der Waals surface area contributed by atoms with Gasteiger partial charge in [0, 0.05) is 0 Å². The average Bonchev–Trinajstić information content (AvgIpc) is 2.25. The Balaban J connectivity index is 3.96. The van der Waals surface area contributed by atoms with Crippen molar-refractivity contribution >= 4 is 5.97 Å². The Labute approximate surface area is 99.5 Å². The number of carbonyl (C=O) groups is 1. The van der Waals surface area contributed by atoms with Crippen LogP contribution in [-0.2, 0) is 14.3 Å². The third kappa shape index (κ3) is 5.50. The van der Waals surface area contributed by atoms with Crippen LogP contribution < -0.4 is 0 Å². The lowest BCUT2D eigenvalue weighted by molar-refractivity contribution is -0.162. The van der Waals surface area contributed by atoms with Crippen LogP contribution in [0.5, 0.6) is 0 Å². The van der Waals surface area contributed by atoms with Crippen LogP contribution in [0.15, 0.2) is 0 Å². The first kappa shape index (κ1) is 15.4. The van der Waals surface area contributed by atoms with Gasteiger partial charge >= 0.3 is 5.97 Å². The molecule has 0 radical (unpaired) electrons. The van der Waals surface area contributed by atoms with Gasteiger partial charge in [-0.05, 0) is 40.5 Å². The monoisotopic (exact) mass is 230 g/mol. The molecule has 0 saturated heterocycles. The number of rotatable bonds is 7. The zero-order chi connectivity index (χ0) is 12.8. The van der Waals surface area contributed by atoms with E-state index < -0.39 is 5.41 Å². The van der Waals surface area contributed by atoms with Gasteiger partial charge in [-0.3, -0.25) is 4.79 Å². The highest BCUT2D eigenvalue weighted by atomic mass is 16.6. The lowest BCUT2D eigenvalue weighted by Crippen LogP contribution is -2.31. The van der Waals surface area contributed by atoms with E-state index in [0.717, 1.165) is 12.8 Å². The maximum atomic E-state index is 11.7. The Bertz CT molecular complexity index is 211. The molecule has 0 aliphatic carbocycles. The van der Waals surface area contributed by atoms with Crippen LogP contribution in [-0.4, -0.2) is 24.8 Å². The number of hydrogen-bond acceptors (Lipinski definition) is 3. The molecule has 0 spiro atoms. The van der Waals surface area contributed by atoms with Crippen LogP contribution in [0, 0.1) is 5.41 Å². The molecule has 2 atom stereocenters. The Morgan fingerprint density at radius 1 is 1.19 bits per heavy atom. The van der Waals surface area contributed by atoms with E-state index in [-0.39, 0.29) is 18.2 Å². The van der Waals surface area contributed by atoms with Gasteiger partial charge in [-0.25, -0.2) is 0 Å². The number of carbonyl (C=O) groups excluding carboxylic acids is 1. The number of hydrogen-bond donors (Lipinski definition) is 0. The second kappa shape index (κ2) is 6.89. The molecule has 0 rings (SSSR count). The topological polar surface area (TPSA) is 35.5 Å². The second-order valence-corrected chi connectivity index (χ2v) is 5.01. The van der Waals surface area contributed by atoms with E-state index in [1.54, 1.807) is 0 Å². The van der Waals surface area contributed by atoms with E-state index in [9.17, 15) is 4.79 Å². The van der Waals surface area contributed by atoms with Crippen molar-refractivity contribution in [3.8, 4) is 0 Å². The van der Waals surface area contributed by atoms with Crippen LogP contribution in [0.4, 0.5) is 0 Å². The zero-order valence-corrected chi connectivity index (χ0v) is 11.5. The third-order valence-corrected chi connectivity index (χ3v) is 2.94. The van der Waals surface area contributed by atoms with Crippen molar-refractivity contribution in [3.05, 3.63) is 0 Å². The molecular weight excluding hydrogens is 204 g/mol. The fourth-order valence-corrected chi connectivity index (χ4v) is 0.938. The van der Waals surface area contributed by atoms with E-state index >= 15 is 0 Å². The normalized spacial score (nSPS) is 15.6. The van der Waals surface area contributed by atoms with Gasteiger partial charge in [0.2, 0.25) is 0 Å². The highest BCUT2D eigenvalue weighted by molar-refractivity contribution is 5.75. The molecule has 2 unspecified atom stereocenters. The molecule has 0 saturated carbocycles. The Kier molecular flexibility index (Phi) is 6.65. The molecule has 0 aliphatic rings. The lowest BCUT2D eigenvalue weighted by atomic mass is 9.91. The van der Waals surface area contributed by atoms with Gasteiger partial charge in [0.05, 0.1) is 18.1 Å². The predicted octanol–water partition coefficient (Wildman–Crippen LogP) is 3.17. The standard InChI is InChI=1S/C13H26O3/c1-7-10(3)15-9-11(4)16-12(14)13(5,6)8-2/h10-11H,7-9H2,1-6H3. The number of ether oxygens (including phenoxy) is 2. The van der Waals surface area contributed by atoms with E-state index in [2.05, 4.69) is 6.92 Å². The van der Waals surface area contributed by atoms with E-state index in [1.807, 2.05) is 34.6 Å². The molecule has 0 aromatic heterocycles. The molecule has 0 amide bonds. The molecule has 0 heterocycles. The molecule has 96 valence electrons. The Morgan fingerprint density at radius 3 is 2.19 bits per heavy atom. The number of esters is 1. The smallest absolute Gasteiger partial charge is 0.311 e. The van der Waals surface area contributed by atoms with Crippen molar-refractivity contribution in [2.75, 3.05) is 6.61 Å². The van der Waals surface area contributed by atoms with E-state index in [0.29, 0.717) is 6.61 Å². The Hall–Kier alpha value is -0.570. The van der Waals surface area contributed by atoms with E-state index in [4.69, 9.17) is 9.47 Å². The third-order valence-electron chi connectivity index (χ3n) is 2.94. The fraction of sp³-hybridized carbons (Fsp3) is 0.923. The zero-order valence-electron chi connectivity index (χ0n) is 11.5. The molecular formula is C13H26O3. The maximum absolute atomic E-state index is 11.7. The SMILES string of the molecule is CCC(C)OCC(C)OC(=O)C(C)(C)CC. The summed E-state index contributed by atoms with van der Waals surface area (Å²) in [5.74, 6) is -0.143. The fourth-order valence-electron chi connectivity index (χ4n) is 0.938. The molecule has 0 aromatic rings. The van der Waals surface area contributed by atoms with Crippen molar-refractivity contribution in [1.82, 2.24) is 0 Å². The van der Waals surface area contributed by atoms with Crippen LogP contribution in [0.1, 0.15) is 54.4 Å². The molecule has 0 bridgehead atoms. The van der Waals surface area contributed by atoms with Crippen molar-refractivity contribution < 1.29 is 14.3 Å². The summed E-state index contributed by atoms with van der Waals surface area (Å²) in [5.41, 5.74) is -0.398. The summed E-state index contributed by atoms with van der Waals surface area (Å²) in [7, 11) is 0. The summed E-state index contributed by atoms with van der Waals surface area (Å²) >= 11 is 0. The van der Waals surface area contributed by atoms with Crippen LogP contribution in [0.3, 0.4) is 0 Å². The van der Waals surface area contributed by atoms with Gasteiger partial charge in [-0.2, -0.15) is 0 Å². The summed E-state index contributed by atoms with van der Waals surface area (Å²) in [6.45, 7) is 12.2. The first-order valence-corrected chi connectivity index (χ1v) is 6.16. The van der Waals surface area contributed by atoms with Crippen molar-refractivity contribution in [2.45, 2.75) is 66.6 Å². The van der Waals surface area contributed by atoms with Gasteiger partial charge < -0.3 is 9.47 Å². The highest BCUT2D eigenvalue weighted by Gasteiger charge is 2.28. The molecule has 0 N–H and O–H groups in total. The minimum absolute atomic E-state index is 0.143. The van der Waals surface area contributed by atoms with Crippen LogP contribution in [0.2, 0.25) is 0 Å². The predicted molar refractivity (Wildman–Crippen MR) is 65.3 cm³/mol. The highest BCUT2D eigenvalue weighted by Crippen LogP contribution is 2.22. The van der Waals surface area contributed by atoms with Crippen molar-refractivity contribution in [3.63, 3.8) is 0 Å². The second-order valence-electron chi connectivity index (χ2n) is 5.01. The molecule has 16 heavy (non-hydrogen) atoms. The molecule has 3 nitrogen and oxygen atoms in total. The molecule has 0 aliphatic heterocycles. The van der Waals surface area contributed by atoms with Gasteiger partial charge in [-0.15, -0.1) is 0 Å². The lowest BCUT2D eigenvalue weighted by Gasteiger charge is -2.24. The molecule has 3 heteroatoms. The summed E-state index contributed by atoms with van der Waals surface area (Å²) < 4.78 is 10.9. The van der Waals surface area contributed by atoms with Crippen LogP contribution in [0.25, 0.3) is 0 Å². The first-order valence-electron chi connectivity index (χ1n) is 6.16. The maximum Gasteiger partial charge on any atom is 0.311 e. The largest absolute Gasteiger partial charge is 0.460 e. The summed E-state index contributed by atoms with van der Waals surface area (Å²) in [5, 5.41) is 0. The molecule has 0 fully saturated rings. The summed E-state index contributed by atoms with van der Waals surface area (Å²) in [6, 6.07) is 0. The van der Waals surface area contributed by atoms with Gasteiger partial charge in [0.25, 0.3) is 0 Å². The van der Waals surface area contributed by atoms with Gasteiger partial charge in [0.1, 0.15) is 6.10 Å². The van der Waals surface area contributed by atoms with E-state index in [1.165, 1.54) is 0 Å². The quantitative estimate of drug-likeness (QED) is 0.630. The van der Waals surface area contributed by atoms with Crippen LogP contribution >= 0.6 is 0 Å². The summed E-state index contributed by atoms with van der Waals surface area (Å²) in [6.07, 6.45) is 1.80. The minimum atomic E-state index is -0.398.